The minimum absolute atomic E-state index is 0.0490. The molecule has 1 aliphatic rings. The van der Waals surface area contributed by atoms with Gasteiger partial charge in [-0.05, 0) is 35.1 Å². The summed E-state index contributed by atoms with van der Waals surface area (Å²) in [6, 6.07) is 6.28. The van der Waals surface area contributed by atoms with Gasteiger partial charge >= 0.3 is 0 Å². The number of benzene rings is 1. The topological polar surface area (TPSA) is 66.4 Å². The van der Waals surface area contributed by atoms with Crippen molar-refractivity contribution in [2.75, 3.05) is 6.61 Å². The molecule has 21 heavy (non-hydrogen) atoms. The Bertz CT molecular complexity index is 677. The summed E-state index contributed by atoms with van der Waals surface area (Å²) >= 11 is 0. The Hall–Kier alpha value is -1.35. The summed E-state index contributed by atoms with van der Waals surface area (Å²) in [6.07, 6.45) is 0. The zero-order chi connectivity index (χ0) is 15.9. The number of hydrogen-bond donors (Lipinski definition) is 2. The molecule has 0 atom stereocenters. The summed E-state index contributed by atoms with van der Waals surface area (Å²) in [5, 5.41) is 8.64. The Morgan fingerprint density at radius 3 is 2.10 bits per heavy atom. The minimum Gasteiger partial charge on any atom is -0.384 e. The van der Waals surface area contributed by atoms with E-state index >= 15 is 0 Å². The fourth-order valence-electron chi connectivity index (χ4n) is 2.57. The molecular weight excluding hydrogens is 286 g/mol. The standard InChI is InChI=1S/C16H21NO3S/c1-15(2)14(16(15,3)4)17-21(19,20)13-9-7-12(8-10-13)6-5-11-18/h7-10,14,17-18H,11H2,1-4H3. The average Bonchev–Trinajstić information content (AvgIpc) is 2.79. The molecule has 1 aliphatic carbocycles. The first kappa shape index (κ1) is 16.0. The Morgan fingerprint density at radius 2 is 1.67 bits per heavy atom. The van der Waals surface area contributed by atoms with Crippen molar-refractivity contribution in [1.82, 2.24) is 4.72 Å². The lowest BCUT2D eigenvalue weighted by Gasteiger charge is -2.08. The molecule has 2 N–H and O–H groups in total. The third-order valence-electron chi connectivity index (χ3n) is 4.77. The second-order valence-corrected chi connectivity index (χ2v) is 8.20. The van der Waals surface area contributed by atoms with Crippen molar-refractivity contribution < 1.29 is 13.5 Å². The van der Waals surface area contributed by atoms with E-state index in [-0.39, 0.29) is 28.4 Å². The van der Waals surface area contributed by atoms with Crippen LogP contribution in [0.15, 0.2) is 29.2 Å². The SMILES string of the molecule is CC1(C)C(NS(=O)(=O)c2ccc(C#CCO)cc2)C1(C)C. The number of aliphatic hydroxyl groups excluding tert-OH is 1. The highest BCUT2D eigenvalue weighted by molar-refractivity contribution is 7.89. The van der Waals surface area contributed by atoms with Gasteiger partial charge in [-0.1, -0.05) is 39.5 Å². The van der Waals surface area contributed by atoms with E-state index in [9.17, 15) is 8.42 Å². The molecule has 0 spiro atoms. The molecule has 0 aromatic heterocycles. The van der Waals surface area contributed by atoms with Crippen molar-refractivity contribution in [3.05, 3.63) is 29.8 Å². The smallest absolute Gasteiger partial charge is 0.240 e. The van der Waals surface area contributed by atoms with E-state index in [4.69, 9.17) is 5.11 Å². The molecule has 0 bridgehead atoms. The molecule has 1 aromatic carbocycles. The summed E-state index contributed by atoms with van der Waals surface area (Å²) in [5.41, 5.74) is 0.578. The van der Waals surface area contributed by atoms with Crippen molar-refractivity contribution in [3.8, 4) is 11.8 Å². The van der Waals surface area contributed by atoms with Crippen molar-refractivity contribution >= 4 is 10.0 Å². The third-order valence-corrected chi connectivity index (χ3v) is 6.21. The number of nitrogens with one attached hydrogen (secondary N) is 1. The normalized spacial score (nSPS) is 19.7. The summed E-state index contributed by atoms with van der Waals surface area (Å²) in [7, 11) is -3.52. The van der Waals surface area contributed by atoms with E-state index in [1.807, 2.05) is 0 Å². The van der Waals surface area contributed by atoms with Gasteiger partial charge in [-0.15, -0.1) is 0 Å². The second kappa shape index (κ2) is 5.13. The highest BCUT2D eigenvalue weighted by atomic mass is 32.2. The van der Waals surface area contributed by atoms with E-state index in [1.165, 1.54) is 12.1 Å². The highest BCUT2D eigenvalue weighted by Crippen LogP contribution is 2.62. The lowest BCUT2D eigenvalue weighted by molar-refractivity contribution is 0.350. The number of hydrogen-bond acceptors (Lipinski definition) is 3. The van der Waals surface area contributed by atoms with Gasteiger partial charge in [0, 0.05) is 11.6 Å². The largest absolute Gasteiger partial charge is 0.384 e. The third kappa shape index (κ3) is 2.84. The van der Waals surface area contributed by atoms with Gasteiger partial charge < -0.3 is 5.11 Å². The Balaban J connectivity index is 2.18. The van der Waals surface area contributed by atoms with Gasteiger partial charge in [-0.25, -0.2) is 13.1 Å². The van der Waals surface area contributed by atoms with Gasteiger partial charge in [0.1, 0.15) is 6.61 Å². The second-order valence-electron chi connectivity index (χ2n) is 6.48. The molecule has 1 saturated carbocycles. The molecule has 4 nitrogen and oxygen atoms in total. The van der Waals surface area contributed by atoms with Gasteiger partial charge in [-0.2, -0.15) is 0 Å². The van der Waals surface area contributed by atoms with Gasteiger partial charge in [0.25, 0.3) is 0 Å². The first-order valence-electron chi connectivity index (χ1n) is 6.85. The van der Waals surface area contributed by atoms with Crippen LogP contribution in [0.1, 0.15) is 33.3 Å². The van der Waals surface area contributed by atoms with Crippen LogP contribution in [0.5, 0.6) is 0 Å². The van der Waals surface area contributed by atoms with Gasteiger partial charge in [0.2, 0.25) is 10.0 Å². The van der Waals surface area contributed by atoms with Crippen LogP contribution in [-0.2, 0) is 10.0 Å². The quantitative estimate of drug-likeness (QED) is 0.836. The Labute approximate surface area is 126 Å². The molecule has 1 aromatic rings. The Kier molecular flexibility index (Phi) is 3.92. The molecule has 1 fully saturated rings. The molecule has 5 heteroatoms. The van der Waals surface area contributed by atoms with Crippen LogP contribution >= 0.6 is 0 Å². The fourth-order valence-corrected chi connectivity index (χ4v) is 4.10. The van der Waals surface area contributed by atoms with Crippen molar-refractivity contribution in [2.24, 2.45) is 10.8 Å². The first-order valence-corrected chi connectivity index (χ1v) is 8.33. The van der Waals surface area contributed by atoms with Gasteiger partial charge in [-0.3, -0.25) is 0 Å². The molecule has 0 amide bonds. The van der Waals surface area contributed by atoms with Crippen LogP contribution in [0.3, 0.4) is 0 Å². The molecule has 0 heterocycles. The first-order chi connectivity index (χ1) is 9.63. The lowest BCUT2D eigenvalue weighted by Crippen LogP contribution is -2.29. The molecule has 0 saturated heterocycles. The predicted octanol–water partition coefficient (Wildman–Crippen LogP) is 1.74. The summed E-state index contributed by atoms with van der Waals surface area (Å²) in [6.45, 7) is 8.04. The van der Waals surface area contributed by atoms with E-state index < -0.39 is 10.0 Å². The van der Waals surface area contributed by atoms with Crippen molar-refractivity contribution in [3.63, 3.8) is 0 Å². The van der Waals surface area contributed by atoms with Crippen LogP contribution in [0.2, 0.25) is 0 Å². The Morgan fingerprint density at radius 1 is 1.14 bits per heavy atom. The van der Waals surface area contributed by atoms with Crippen molar-refractivity contribution in [1.29, 1.82) is 0 Å². The monoisotopic (exact) mass is 307 g/mol. The van der Waals surface area contributed by atoms with Crippen LogP contribution in [0.4, 0.5) is 0 Å². The predicted molar refractivity (Wildman–Crippen MR) is 82.1 cm³/mol. The van der Waals surface area contributed by atoms with Crippen molar-refractivity contribution in [2.45, 2.75) is 38.6 Å². The average molecular weight is 307 g/mol. The number of sulfonamides is 1. The summed E-state index contributed by atoms with van der Waals surface area (Å²) in [5.74, 6) is 5.26. The van der Waals surface area contributed by atoms with E-state index in [0.29, 0.717) is 5.56 Å². The zero-order valence-electron chi connectivity index (χ0n) is 12.8. The zero-order valence-corrected chi connectivity index (χ0v) is 13.6. The van der Waals surface area contributed by atoms with Crippen LogP contribution in [-0.4, -0.2) is 26.2 Å². The molecule has 2 rings (SSSR count). The maximum atomic E-state index is 12.4. The van der Waals surface area contributed by atoms with E-state index in [2.05, 4.69) is 44.3 Å². The number of aliphatic hydroxyl groups is 1. The maximum absolute atomic E-state index is 12.4. The number of rotatable bonds is 3. The fraction of sp³-hybridized carbons (Fsp3) is 0.500. The summed E-state index contributed by atoms with van der Waals surface area (Å²) < 4.78 is 27.6. The lowest BCUT2D eigenvalue weighted by atomic mass is 10.0. The van der Waals surface area contributed by atoms with Gasteiger partial charge in [0.05, 0.1) is 4.90 Å². The van der Waals surface area contributed by atoms with Crippen LogP contribution < -0.4 is 4.72 Å². The maximum Gasteiger partial charge on any atom is 0.240 e. The minimum atomic E-state index is -3.52. The van der Waals surface area contributed by atoms with Gasteiger partial charge in [0.15, 0.2) is 0 Å². The van der Waals surface area contributed by atoms with Crippen LogP contribution in [0.25, 0.3) is 0 Å². The molecular formula is C16H21NO3S. The van der Waals surface area contributed by atoms with Crippen LogP contribution in [0, 0.1) is 22.7 Å². The summed E-state index contributed by atoms with van der Waals surface area (Å²) in [4.78, 5) is 0.232. The van der Waals surface area contributed by atoms with E-state index in [0.717, 1.165) is 0 Å². The highest BCUT2D eigenvalue weighted by Gasteiger charge is 2.65. The molecule has 0 radical (unpaired) electrons. The molecule has 0 unspecified atom stereocenters. The van der Waals surface area contributed by atoms with E-state index in [1.54, 1.807) is 12.1 Å². The molecule has 0 aliphatic heterocycles. The molecule has 114 valence electrons.